The average molecular weight is 323 g/mol. The molecule has 1 rings (SSSR count). The number of aliphatic carboxylic acids is 1. The second-order valence-electron chi connectivity index (χ2n) is 5.93. The molecule has 21 heavy (non-hydrogen) atoms. The van der Waals surface area contributed by atoms with Gasteiger partial charge in [-0.25, -0.2) is 0 Å². The molecule has 0 atom stereocenters. The number of unbranched alkanes of at least 4 members (excludes halogenated alkanes) is 4. The minimum atomic E-state index is -1.63. The van der Waals surface area contributed by atoms with Gasteiger partial charge >= 0.3 is 5.97 Å². The number of carbonyl (C=O) groups is 1. The van der Waals surface area contributed by atoms with Crippen LogP contribution < -0.4 is 5.19 Å². The van der Waals surface area contributed by atoms with Crippen molar-refractivity contribution in [3.63, 3.8) is 0 Å². The highest BCUT2D eigenvalue weighted by Gasteiger charge is 2.25. The predicted octanol–water partition coefficient (Wildman–Crippen LogP) is 4.38. The molecule has 0 aliphatic rings. The molecule has 0 aliphatic heterocycles. The molecule has 4 heteroatoms. The van der Waals surface area contributed by atoms with Crippen molar-refractivity contribution in [2.75, 3.05) is 0 Å². The van der Waals surface area contributed by atoms with Crippen LogP contribution in [0.2, 0.25) is 13.1 Å². The first-order valence-corrected chi connectivity index (χ1v) is 11.1. The van der Waals surface area contributed by atoms with Gasteiger partial charge in [-0.2, -0.15) is 12.6 Å². The fourth-order valence-corrected chi connectivity index (χ4v) is 4.76. The van der Waals surface area contributed by atoms with Crippen molar-refractivity contribution in [1.82, 2.24) is 0 Å². The second kappa shape index (κ2) is 9.10. The fraction of sp³-hybridized carbons (Fsp3) is 0.471. The summed E-state index contributed by atoms with van der Waals surface area (Å²) in [6, 6.07) is 10.6. The van der Waals surface area contributed by atoms with Gasteiger partial charge in [0.1, 0.15) is 8.07 Å². The zero-order chi connectivity index (χ0) is 15.7. The minimum Gasteiger partial charge on any atom is -0.481 e. The molecule has 1 aromatic carbocycles. The van der Waals surface area contributed by atoms with Crippen LogP contribution in [0.15, 0.2) is 40.9 Å². The van der Waals surface area contributed by atoms with Gasteiger partial charge in [-0.15, -0.1) is 0 Å². The zero-order valence-corrected chi connectivity index (χ0v) is 14.9. The van der Waals surface area contributed by atoms with Crippen molar-refractivity contribution >= 4 is 31.9 Å². The molecule has 0 aliphatic carbocycles. The molecule has 0 unspecified atom stereocenters. The van der Waals surface area contributed by atoms with Gasteiger partial charge in [0.2, 0.25) is 0 Å². The van der Waals surface area contributed by atoms with Crippen molar-refractivity contribution in [2.45, 2.75) is 51.6 Å². The van der Waals surface area contributed by atoms with E-state index in [1.807, 2.05) is 6.07 Å². The van der Waals surface area contributed by atoms with Gasteiger partial charge in [0.25, 0.3) is 0 Å². The van der Waals surface area contributed by atoms with Crippen molar-refractivity contribution in [3.05, 3.63) is 40.9 Å². The Labute approximate surface area is 134 Å². The molecule has 0 saturated carbocycles. The van der Waals surface area contributed by atoms with E-state index in [1.54, 1.807) is 0 Å². The van der Waals surface area contributed by atoms with Crippen molar-refractivity contribution in [1.29, 1.82) is 0 Å². The molecule has 0 aromatic heterocycles. The van der Waals surface area contributed by atoms with Gasteiger partial charge in [-0.1, -0.05) is 67.5 Å². The summed E-state index contributed by atoms with van der Waals surface area (Å²) in [6.45, 7) is 4.65. The highest BCUT2D eigenvalue weighted by atomic mass is 32.1. The quantitative estimate of drug-likeness (QED) is 0.402. The third kappa shape index (κ3) is 6.53. The molecule has 2 nitrogen and oxygen atoms in total. The van der Waals surface area contributed by atoms with Crippen LogP contribution in [0.4, 0.5) is 0 Å². The maximum Gasteiger partial charge on any atom is 0.303 e. The number of hydrogen-bond acceptors (Lipinski definition) is 2. The van der Waals surface area contributed by atoms with Gasteiger partial charge in [0, 0.05) is 6.42 Å². The van der Waals surface area contributed by atoms with E-state index >= 15 is 0 Å². The normalized spacial score (nSPS) is 12.4. The van der Waals surface area contributed by atoms with Crippen LogP contribution in [-0.2, 0) is 4.79 Å². The number of rotatable bonds is 9. The number of carboxylic acid groups (broad SMARTS) is 1. The highest BCUT2D eigenvalue weighted by molar-refractivity contribution is 7.87. The van der Waals surface area contributed by atoms with Crippen LogP contribution >= 0.6 is 12.6 Å². The molecular formula is C17H26O2SSi. The molecule has 0 spiro atoms. The zero-order valence-electron chi connectivity index (χ0n) is 13.0. The first kappa shape index (κ1) is 18.0. The standard InChI is InChI=1S/C17H26O2SSi/c1-21(2,15-11-7-6-8-12-15)17(20)14-10-5-3-4-9-13-16(18)19/h6-8,11-12,14,20H,3-5,9-10,13H2,1-2H3,(H,18,19)/b17-14+. The number of thiol groups is 1. The van der Waals surface area contributed by atoms with E-state index in [0.717, 1.165) is 32.1 Å². The van der Waals surface area contributed by atoms with E-state index in [9.17, 15) is 4.79 Å². The van der Waals surface area contributed by atoms with Crippen LogP contribution in [0.3, 0.4) is 0 Å². The molecule has 1 N–H and O–H groups in total. The molecule has 0 heterocycles. The van der Waals surface area contributed by atoms with Gasteiger partial charge in [-0.3, -0.25) is 4.79 Å². The summed E-state index contributed by atoms with van der Waals surface area (Å²) in [4.78, 5) is 10.4. The lowest BCUT2D eigenvalue weighted by atomic mass is 10.1. The van der Waals surface area contributed by atoms with E-state index < -0.39 is 14.0 Å². The number of allylic oxidation sites excluding steroid dienone is 1. The Morgan fingerprint density at radius 2 is 1.76 bits per heavy atom. The number of hydrogen-bond donors (Lipinski definition) is 2. The molecule has 1 aromatic rings. The molecule has 0 fully saturated rings. The van der Waals surface area contributed by atoms with Crippen molar-refractivity contribution in [3.8, 4) is 0 Å². The summed E-state index contributed by atoms with van der Waals surface area (Å²) >= 11 is 4.74. The fourth-order valence-electron chi connectivity index (χ4n) is 2.27. The van der Waals surface area contributed by atoms with E-state index in [2.05, 4.69) is 43.4 Å². The third-order valence-electron chi connectivity index (χ3n) is 3.82. The minimum absolute atomic E-state index is 0.293. The Bertz CT molecular complexity index is 469. The summed E-state index contributed by atoms with van der Waals surface area (Å²) in [5, 5.41) is 9.98. The Balaban J connectivity index is 2.37. The lowest BCUT2D eigenvalue weighted by Crippen LogP contribution is -2.42. The Hall–Kier alpha value is -1.00. The first-order chi connectivity index (χ1) is 9.94. The van der Waals surface area contributed by atoms with E-state index in [1.165, 1.54) is 9.72 Å². The van der Waals surface area contributed by atoms with Crippen molar-refractivity contribution < 1.29 is 9.90 Å². The third-order valence-corrected chi connectivity index (χ3v) is 8.94. The largest absolute Gasteiger partial charge is 0.481 e. The topological polar surface area (TPSA) is 37.3 Å². The van der Waals surface area contributed by atoms with Crippen molar-refractivity contribution in [2.24, 2.45) is 0 Å². The van der Waals surface area contributed by atoms with Gasteiger partial charge in [-0.05, 0) is 23.8 Å². The van der Waals surface area contributed by atoms with Gasteiger partial charge in [0.15, 0.2) is 0 Å². The maximum atomic E-state index is 10.4. The first-order valence-electron chi connectivity index (χ1n) is 7.61. The van der Waals surface area contributed by atoms with Crippen LogP contribution in [0.25, 0.3) is 0 Å². The lowest BCUT2D eigenvalue weighted by Gasteiger charge is -2.23. The molecule has 116 valence electrons. The molecule has 0 amide bonds. The molecular weight excluding hydrogens is 296 g/mol. The van der Waals surface area contributed by atoms with Gasteiger partial charge < -0.3 is 5.11 Å². The summed E-state index contributed by atoms with van der Waals surface area (Å²) in [7, 11) is -1.63. The Morgan fingerprint density at radius 1 is 1.14 bits per heavy atom. The van der Waals surface area contributed by atoms with Crippen LogP contribution in [0.1, 0.15) is 38.5 Å². The Kier molecular flexibility index (Phi) is 7.82. The van der Waals surface area contributed by atoms with Crippen LogP contribution in [0.5, 0.6) is 0 Å². The van der Waals surface area contributed by atoms with E-state index in [0.29, 0.717) is 6.42 Å². The van der Waals surface area contributed by atoms with Gasteiger partial charge in [0.05, 0.1) is 0 Å². The average Bonchev–Trinajstić information content (AvgIpc) is 2.46. The maximum absolute atomic E-state index is 10.4. The molecule has 0 saturated heterocycles. The summed E-state index contributed by atoms with van der Waals surface area (Å²) in [5.74, 6) is -0.692. The molecule has 0 bridgehead atoms. The summed E-state index contributed by atoms with van der Waals surface area (Å²) in [6.07, 6.45) is 7.59. The highest BCUT2D eigenvalue weighted by Crippen LogP contribution is 2.20. The monoisotopic (exact) mass is 322 g/mol. The SMILES string of the molecule is C[Si](C)(/C(S)=C/CCCCCCC(=O)O)c1ccccc1. The molecule has 0 radical (unpaired) electrons. The number of carboxylic acids is 1. The lowest BCUT2D eigenvalue weighted by molar-refractivity contribution is -0.137. The second-order valence-corrected chi connectivity index (χ2v) is 11.2. The van der Waals surface area contributed by atoms with Crippen LogP contribution in [-0.4, -0.2) is 19.1 Å². The Morgan fingerprint density at radius 3 is 2.38 bits per heavy atom. The predicted molar refractivity (Wildman–Crippen MR) is 96.0 cm³/mol. The van der Waals surface area contributed by atoms with E-state index in [-0.39, 0.29) is 0 Å². The van der Waals surface area contributed by atoms with E-state index in [4.69, 9.17) is 17.7 Å². The smallest absolute Gasteiger partial charge is 0.303 e. The van der Waals surface area contributed by atoms with Crippen LogP contribution in [0, 0.1) is 0 Å². The summed E-state index contributed by atoms with van der Waals surface area (Å²) in [5.41, 5.74) is 0. The summed E-state index contributed by atoms with van der Waals surface area (Å²) < 4.78 is 1.24. The number of benzene rings is 1.